The maximum Gasteiger partial charge on any atom is 0.0663 e. The normalized spacial score (nSPS) is 33.6. The van der Waals surface area contributed by atoms with Crippen LogP contribution in [0.25, 0.3) is 0 Å². The average Bonchev–Trinajstić information content (AvgIpc) is 2.72. The molecule has 1 aromatic carbocycles. The van der Waals surface area contributed by atoms with E-state index in [1.807, 2.05) is 6.07 Å². The molecule has 2 aliphatic rings. The van der Waals surface area contributed by atoms with Crippen molar-refractivity contribution in [1.29, 1.82) is 5.26 Å². The van der Waals surface area contributed by atoms with E-state index in [1.165, 1.54) is 5.69 Å². The van der Waals surface area contributed by atoms with Crippen LogP contribution in [0.3, 0.4) is 0 Å². The number of nitriles is 1. The summed E-state index contributed by atoms with van der Waals surface area (Å²) in [5.74, 6) is 1.66. The number of hydrogen-bond acceptors (Lipinski definition) is 2. The maximum absolute atomic E-state index is 8.80. The zero-order valence-electron chi connectivity index (χ0n) is 7.93. The topological polar surface area (TPSA) is 27.0 Å². The Hall–Kier alpha value is -1.49. The first-order valence-electron chi connectivity index (χ1n) is 5.10. The molecule has 1 saturated carbocycles. The van der Waals surface area contributed by atoms with Gasteiger partial charge in [0.15, 0.2) is 0 Å². The molecule has 3 rings (SSSR count). The zero-order valence-corrected chi connectivity index (χ0v) is 7.93. The third-order valence-corrected chi connectivity index (χ3v) is 3.46. The van der Waals surface area contributed by atoms with E-state index in [1.54, 1.807) is 0 Å². The van der Waals surface area contributed by atoms with Gasteiger partial charge in [-0.1, -0.05) is 18.2 Å². The second-order valence-corrected chi connectivity index (χ2v) is 4.22. The zero-order chi connectivity index (χ0) is 9.54. The lowest BCUT2D eigenvalue weighted by molar-refractivity contribution is 0.744. The Kier molecular flexibility index (Phi) is 1.55. The Morgan fingerprint density at radius 2 is 1.79 bits per heavy atom. The molecule has 0 aromatic heterocycles. The molecule has 14 heavy (non-hydrogen) atoms. The van der Waals surface area contributed by atoms with E-state index in [2.05, 4.69) is 35.2 Å². The van der Waals surface area contributed by atoms with Gasteiger partial charge >= 0.3 is 0 Å². The standard InChI is InChI=1S/C12H12N2/c13-6-10-11-7-14(8-12(10)11)9-4-2-1-3-5-9/h1-5,10-12H,7-8H2/t10-,11-,12+. The van der Waals surface area contributed by atoms with Gasteiger partial charge in [-0.15, -0.1) is 0 Å². The Labute approximate surface area is 83.8 Å². The number of para-hydroxylation sites is 1. The van der Waals surface area contributed by atoms with Crippen molar-refractivity contribution in [3.05, 3.63) is 30.3 Å². The van der Waals surface area contributed by atoms with Crippen LogP contribution in [0.2, 0.25) is 0 Å². The molecular formula is C12H12N2. The van der Waals surface area contributed by atoms with E-state index in [-0.39, 0.29) is 0 Å². The van der Waals surface area contributed by atoms with E-state index in [4.69, 9.17) is 5.26 Å². The second-order valence-electron chi connectivity index (χ2n) is 4.22. The second kappa shape index (κ2) is 2.75. The van der Waals surface area contributed by atoms with Gasteiger partial charge < -0.3 is 4.90 Å². The highest BCUT2D eigenvalue weighted by molar-refractivity contribution is 5.49. The molecule has 0 N–H and O–H groups in total. The van der Waals surface area contributed by atoms with Gasteiger partial charge in [-0.3, -0.25) is 0 Å². The molecule has 3 atom stereocenters. The van der Waals surface area contributed by atoms with Crippen molar-refractivity contribution in [3.63, 3.8) is 0 Å². The van der Waals surface area contributed by atoms with Crippen LogP contribution >= 0.6 is 0 Å². The molecule has 0 spiro atoms. The van der Waals surface area contributed by atoms with Crippen LogP contribution in [0.1, 0.15) is 0 Å². The van der Waals surface area contributed by atoms with Crippen molar-refractivity contribution >= 4 is 5.69 Å². The third kappa shape index (κ3) is 1.02. The van der Waals surface area contributed by atoms with Gasteiger partial charge in [0.2, 0.25) is 0 Å². The Balaban J connectivity index is 1.73. The number of nitrogens with zero attached hydrogens (tertiary/aromatic N) is 2. The highest BCUT2D eigenvalue weighted by atomic mass is 15.2. The number of anilines is 1. The van der Waals surface area contributed by atoms with Gasteiger partial charge in [0, 0.05) is 18.8 Å². The summed E-state index contributed by atoms with van der Waals surface area (Å²) >= 11 is 0. The Bertz CT molecular complexity index is 367. The van der Waals surface area contributed by atoms with Crippen molar-refractivity contribution in [2.45, 2.75) is 0 Å². The fourth-order valence-electron chi connectivity index (χ4n) is 2.57. The summed E-state index contributed by atoms with van der Waals surface area (Å²) in [4.78, 5) is 2.39. The highest BCUT2D eigenvalue weighted by Crippen LogP contribution is 2.51. The highest BCUT2D eigenvalue weighted by Gasteiger charge is 2.56. The number of piperidine rings is 1. The summed E-state index contributed by atoms with van der Waals surface area (Å²) in [6.45, 7) is 2.15. The summed E-state index contributed by atoms with van der Waals surface area (Å²) in [6, 6.07) is 12.9. The molecule has 1 aliphatic heterocycles. The molecule has 2 nitrogen and oxygen atoms in total. The van der Waals surface area contributed by atoms with E-state index >= 15 is 0 Å². The van der Waals surface area contributed by atoms with Gasteiger partial charge in [0.05, 0.1) is 12.0 Å². The molecule has 2 fully saturated rings. The molecule has 0 bridgehead atoms. The molecule has 0 radical (unpaired) electrons. The summed E-state index contributed by atoms with van der Waals surface area (Å²) in [5, 5.41) is 8.80. The minimum Gasteiger partial charge on any atom is -0.371 e. The number of fused-ring (bicyclic) bond motifs is 1. The number of hydrogen-bond donors (Lipinski definition) is 0. The minimum atomic E-state index is 0.356. The van der Waals surface area contributed by atoms with Crippen molar-refractivity contribution in [3.8, 4) is 6.07 Å². The molecule has 1 aromatic rings. The Morgan fingerprint density at radius 1 is 1.14 bits per heavy atom. The number of benzene rings is 1. The van der Waals surface area contributed by atoms with Crippen LogP contribution in [-0.4, -0.2) is 13.1 Å². The molecule has 0 unspecified atom stereocenters. The summed E-state index contributed by atoms with van der Waals surface area (Å²) in [7, 11) is 0. The monoisotopic (exact) mass is 184 g/mol. The van der Waals surface area contributed by atoms with Crippen molar-refractivity contribution in [2.75, 3.05) is 18.0 Å². The van der Waals surface area contributed by atoms with Crippen LogP contribution in [0.5, 0.6) is 0 Å². The predicted molar refractivity (Wildman–Crippen MR) is 54.7 cm³/mol. The van der Waals surface area contributed by atoms with Crippen LogP contribution in [-0.2, 0) is 0 Å². The molecule has 70 valence electrons. The number of rotatable bonds is 1. The van der Waals surface area contributed by atoms with Crippen molar-refractivity contribution in [2.24, 2.45) is 17.8 Å². The van der Waals surface area contributed by atoms with Crippen LogP contribution in [0.4, 0.5) is 5.69 Å². The van der Waals surface area contributed by atoms with Crippen molar-refractivity contribution < 1.29 is 0 Å². The van der Waals surface area contributed by atoms with Gasteiger partial charge in [0.25, 0.3) is 0 Å². The van der Waals surface area contributed by atoms with Crippen LogP contribution in [0.15, 0.2) is 30.3 Å². The molecular weight excluding hydrogens is 172 g/mol. The van der Waals surface area contributed by atoms with E-state index in [9.17, 15) is 0 Å². The first-order valence-corrected chi connectivity index (χ1v) is 5.10. The van der Waals surface area contributed by atoms with Gasteiger partial charge in [-0.2, -0.15) is 5.26 Å². The van der Waals surface area contributed by atoms with Crippen LogP contribution < -0.4 is 4.90 Å². The summed E-state index contributed by atoms with van der Waals surface area (Å²) < 4.78 is 0. The van der Waals surface area contributed by atoms with Gasteiger partial charge in [-0.25, -0.2) is 0 Å². The van der Waals surface area contributed by atoms with E-state index < -0.39 is 0 Å². The Morgan fingerprint density at radius 3 is 2.36 bits per heavy atom. The maximum atomic E-state index is 8.80. The largest absolute Gasteiger partial charge is 0.371 e. The van der Waals surface area contributed by atoms with Gasteiger partial charge in [-0.05, 0) is 24.0 Å². The first-order chi connectivity index (χ1) is 6.90. The van der Waals surface area contributed by atoms with Gasteiger partial charge in [0.1, 0.15) is 0 Å². The summed E-state index contributed by atoms with van der Waals surface area (Å²) in [5.41, 5.74) is 1.30. The van der Waals surface area contributed by atoms with E-state index in [0.29, 0.717) is 17.8 Å². The lowest BCUT2D eigenvalue weighted by Gasteiger charge is -2.20. The fraction of sp³-hybridized carbons (Fsp3) is 0.417. The van der Waals surface area contributed by atoms with Crippen molar-refractivity contribution in [1.82, 2.24) is 0 Å². The quantitative estimate of drug-likeness (QED) is 0.666. The van der Waals surface area contributed by atoms with E-state index in [0.717, 1.165) is 13.1 Å². The fourth-order valence-corrected chi connectivity index (χ4v) is 2.57. The first kappa shape index (κ1) is 7.87. The SMILES string of the molecule is N#C[C@@H]1[C@H]2CN(c3ccccc3)C[C@@H]12. The summed E-state index contributed by atoms with van der Waals surface area (Å²) in [6.07, 6.45) is 0. The molecule has 0 amide bonds. The van der Waals surface area contributed by atoms with Crippen LogP contribution in [0, 0.1) is 29.1 Å². The minimum absolute atomic E-state index is 0.356. The molecule has 1 saturated heterocycles. The average molecular weight is 184 g/mol. The molecule has 1 heterocycles. The molecule has 1 aliphatic carbocycles. The smallest absolute Gasteiger partial charge is 0.0663 e. The predicted octanol–water partition coefficient (Wildman–Crippen LogP) is 1.89. The lowest BCUT2D eigenvalue weighted by atomic mass is 10.2. The lowest BCUT2D eigenvalue weighted by Crippen LogP contribution is -2.23. The molecule has 2 heteroatoms. The third-order valence-electron chi connectivity index (χ3n) is 3.46.